The van der Waals surface area contributed by atoms with Crippen molar-refractivity contribution in [2.45, 2.75) is 19.8 Å². The highest BCUT2D eigenvalue weighted by molar-refractivity contribution is 6.40. The first-order chi connectivity index (χ1) is 17.8. The molecule has 206 valence electrons. The van der Waals surface area contributed by atoms with Gasteiger partial charge in [0.25, 0.3) is 5.78 Å². The molecule has 0 unspecified atom stereocenters. The minimum Gasteiger partial charge on any atom is -0.457 e. The third-order valence-electron chi connectivity index (χ3n) is 4.56. The van der Waals surface area contributed by atoms with Crippen molar-refractivity contribution in [1.29, 1.82) is 0 Å². The van der Waals surface area contributed by atoms with E-state index in [1.807, 2.05) is 0 Å². The molecule has 0 aliphatic carbocycles. The molecule has 36 heavy (non-hydrogen) atoms. The van der Waals surface area contributed by atoms with E-state index in [2.05, 4.69) is 6.92 Å². The van der Waals surface area contributed by atoms with E-state index in [9.17, 15) is 9.59 Å². The standard InChI is InChI=1S/C26H42O10/c1-2-3-9-29-10-11-30-12-13-31-14-15-32-16-17-33-18-19-34-20-21-35-22-23-36-26(28)25(27)24-7-5-4-6-8-24/h4-8H,2-3,9-23H2,1H3. The van der Waals surface area contributed by atoms with Crippen molar-refractivity contribution in [2.24, 2.45) is 0 Å². The molecule has 0 radical (unpaired) electrons. The summed E-state index contributed by atoms with van der Waals surface area (Å²) in [4.78, 5) is 23.5. The normalized spacial score (nSPS) is 11.0. The molecule has 0 aliphatic rings. The van der Waals surface area contributed by atoms with Crippen molar-refractivity contribution in [3.05, 3.63) is 35.9 Å². The topological polar surface area (TPSA) is 108 Å². The minimum absolute atomic E-state index is 0.00789. The molecular weight excluding hydrogens is 472 g/mol. The Morgan fingerprint density at radius 1 is 0.528 bits per heavy atom. The molecule has 10 heteroatoms. The Morgan fingerprint density at radius 2 is 0.889 bits per heavy atom. The highest BCUT2D eigenvalue weighted by atomic mass is 16.6. The van der Waals surface area contributed by atoms with Crippen LogP contribution in [0.2, 0.25) is 0 Å². The molecule has 0 spiro atoms. The molecule has 0 fully saturated rings. The molecule has 0 saturated heterocycles. The lowest BCUT2D eigenvalue weighted by Gasteiger charge is -2.08. The van der Waals surface area contributed by atoms with Crippen LogP contribution in [0.4, 0.5) is 0 Å². The van der Waals surface area contributed by atoms with Crippen LogP contribution in [0.5, 0.6) is 0 Å². The van der Waals surface area contributed by atoms with Gasteiger partial charge in [0.1, 0.15) is 6.61 Å². The molecule has 10 nitrogen and oxygen atoms in total. The van der Waals surface area contributed by atoms with Gasteiger partial charge in [0.15, 0.2) is 0 Å². The van der Waals surface area contributed by atoms with Gasteiger partial charge < -0.3 is 37.9 Å². The van der Waals surface area contributed by atoms with E-state index in [1.165, 1.54) is 0 Å². The second-order valence-electron chi connectivity index (χ2n) is 7.47. The van der Waals surface area contributed by atoms with Crippen molar-refractivity contribution in [3.8, 4) is 0 Å². The molecule has 0 aliphatic heterocycles. The van der Waals surface area contributed by atoms with Crippen molar-refractivity contribution in [1.82, 2.24) is 0 Å². The maximum atomic E-state index is 11.8. The van der Waals surface area contributed by atoms with Gasteiger partial charge in [0.05, 0.1) is 85.9 Å². The number of Topliss-reactive ketones (excluding diaryl/α,β-unsaturated/α-hetero) is 1. The molecule has 1 rings (SSSR count). The van der Waals surface area contributed by atoms with Gasteiger partial charge in [0.2, 0.25) is 0 Å². The van der Waals surface area contributed by atoms with E-state index in [4.69, 9.17) is 37.9 Å². The summed E-state index contributed by atoms with van der Waals surface area (Å²) < 4.78 is 42.7. The van der Waals surface area contributed by atoms with Crippen LogP contribution in [0.25, 0.3) is 0 Å². The zero-order valence-electron chi connectivity index (χ0n) is 21.5. The third kappa shape index (κ3) is 19.3. The Morgan fingerprint density at radius 3 is 1.28 bits per heavy atom. The maximum Gasteiger partial charge on any atom is 0.379 e. The summed E-state index contributed by atoms with van der Waals surface area (Å²) in [6.07, 6.45) is 2.22. The van der Waals surface area contributed by atoms with Gasteiger partial charge in [-0.15, -0.1) is 0 Å². The van der Waals surface area contributed by atoms with Crippen LogP contribution >= 0.6 is 0 Å². The van der Waals surface area contributed by atoms with E-state index in [0.717, 1.165) is 19.4 Å². The monoisotopic (exact) mass is 514 g/mol. The number of ether oxygens (including phenoxy) is 8. The zero-order chi connectivity index (χ0) is 25.9. The number of hydrogen-bond acceptors (Lipinski definition) is 10. The van der Waals surface area contributed by atoms with Gasteiger partial charge in [-0.1, -0.05) is 43.7 Å². The fraction of sp³-hybridized carbons (Fsp3) is 0.692. The van der Waals surface area contributed by atoms with E-state index in [1.54, 1.807) is 30.3 Å². The van der Waals surface area contributed by atoms with Gasteiger partial charge in [-0.2, -0.15) is 0 Å². The highest BCUT2D eigenvalue weighted by Crippen LogP contribution is 2.01. The summed E-state index contributed by atoms with van der Waals surface area (Å²) in [6, 6.07) is 8.27. The number of unbranched alkanes of at least 4 members (excludes halogenated alkanes) is 1. The van der Waals surface area contributed by atoms with E-state index < -0.39 is 11.8 Å². The first-order valence-electron chi connectivity index (χ1n) is 12.6. The van der Waals surface area contributed by atoms with Gasteiger partial charge in [0, 0.05) is 12.2 Å². The van der Waals surface area contributed by atoms with Gasteiger partial charge in [-0.05, 0) is 6.42 Å². The second kappa shape index (κ2) is 24.8. The van der Waals surface area contributed by atoms with Gasteiger partial charge in [-0.3, -0.25) is 4.79 Å². The minimum atomic E-state index is -0.890. The number of esters is 1. The van der Waals surface area contributed by atoms with E-state index in [0.29, 0.717) is 84.8 Å². The lowest BCUT2D eigenvalue weighted by atomic mass is 10.1. The van der Waals surface area contributed by atoms with Gasteiger partial charge in [-0.25, -0.2) is 4.79 Å². The van der Waals surface area contributed by atoms with Crippen LogP contribution in [0.15, 0.2) is 30.3 Å². The summed E-state index contributed by atoms with van der Waals surface area (Å²) in [5, 5.41) is 0. The predicted molar refractivity (Wildman–Crippen MR) is 132 cm³/mol. The van der Waals surface area contributed by atoms with Crippen molar-refractivity contribution in [3.63, 3.8) is 0 Å². The second-order valence-corrected chi connectivity index (χ2v) is 7.47. The quantitative estimate of drug-likeness (QED) is 0.0791. The smallest absolute Gasteiger partial charge is 0.379 e. The van der Waals surface area contributed by atoms with Gasteiger partial charge >= 0.3 is 5.97 Å². The number of rotatable bonds is 26. The molecule has 0 amide bonds. The van der Waals surface area contributed by atoms with E-state index in [-0.39, 0.29) is 13.2 Å². The Bertz CT molecular complexity index is 641. The summed E-state index contributed by atoms with van der Waals surface area (Å²) in [7, 11) is 0. The summed E-state index contributed by atoms with van der Waals surface area (Å²) in [5.41, 5.74) is 0.302. The SMILES string of the molecule is CCCCOCCOCCOCCOCCOCCOCCOCCOC(=O)C(=O)c1ccccc1. The average molecular weight is 515 g/mol. The van der Waals surface area contributed by atoms with Crippen molar-refractivity contribution in [2.75, 3.05) is 99.1 Å². The molecule has 0 aromatic heterocycles. The van der Waals surface area contributed by atoms with Crippen LogP contribution in [-0.4, -0.2) is 111 Å². The van der Waals surface area contributed by atoms with Crippen LogP contribution in [-0.2, 0) is 42.7 Å². The fourth-order valence-corrected chi connectivity index (χ4v) is 2.63. The Hall–Kier alpha value is -1.92. The number of ketones is 1. The molecule has 0 atom stereocenters. The van der Waals surface area contributed by atoms with Crippen LogP contribution in [0, 0.1) is 0 Å². The van der Waals surface area contributed by atoms with Crippen LogP contribution < -0.4 is 0 Å². The van der Waals surface area contributed by atoms with Crippen molar-refractivity contribution < 1.29 is 47.5 Å². The number of hydrogen-bond donors (Lipinski definition) is 0. The highest BCUT2D eigenvalue weighted by Gasteiger charge is 2.16. The largest absolute Gasteiger partial charge is 0.457 e. The Labute approximate surface area is 214 Å². The molecule has 0 N–H and O–H groups in total. The third-order valence-corrected chi connectivity index (χ3v) is 4.56. The first-order valence-corrected chi connectivity index (χ1v) is 12.6. The summed E-state index contributed by atoms with van der Waals surface area (Å²) >= 11 is 0. The first kappa shape index (κ1) is 32.1. The average Bonchev–Trinajstić information content (AvgIpc) is 2.91. The van der Waals surface area contributed by atoms with Crippen LogP contribution in [0.3, 0.4) is 0 Å². The molecule has 1 aromatic carbocycles. The fourth-order valence-electron chi connectivity index (χ4n) is 2.63. The summed E-state index contributed by atoms with van der Waals surface area (Å²) in [6.45, 7) is 9.07. The Kier molecular flexibility index (Phi) is 22.1. The summed E-state index contributed by atoms with van der Waals surface area (Å²) in [5.74, 6) is -1.56. The molecule has 0 saturated carbocycles. The number of benzene rings is 1. The lowest BCUT2D eigenvalue weighted by Crippen LogP contribution is -2.20. The molecule has 0 bridgehead atoms. The number of carbonyl (C=O) groups is 2. The molecule has 0 heterocycles. The number of carbonyl (C=O) groups excluding carboxylic acids is 2. The molecular formula is C26H42O10. The lowest BCUT2D eigenvalue weighted by molar-refractivity contribution is -0.139. The predicted octanol–water partition coefficient (Wildman–Crippen LogP) is 2.33. The molecule has 1 aromatic rings. The van der Waals surface area contributed by atoms with Crippen LogP contribution in [0.1, 0.15) is 30.1 Å². The Balaban J connectivity index is 1.72. The maximum absolute atomic E-state index is 11.8. The van der Waals surface area contributed by atoms with E-state index >= 15 is 0 Å². The van der Waals surface area contributed by atoms with Crippen molar-refractivity contribution >= 4 is 11.8 Å². The zero-order valence-corrected chi connectivity index (χ0v) is 21.5.